The quantitative estimate of drug-likeness (QED) is 0.826. The summed E-state index contributed by atoms with van der Waals surface area (Å²) in [5.41, 5.74) is 0.844. The van der Waals surface area contributed by atoms with Gasteiger partial charge in [-0.05, 0) is 31.5 Å². The summed E-state index contributed by atoms with van der Waals surface area (Å²) in [4.78, 5) is 8.10. The van der Waals surface area contributed by atoms with Crippen molar-refractivity contribution < 1.29 is 13.2 Å². The Morgan fingerprint density at radius 3 is 2.68 bits per heavy atom. The van der Waals surface area contributed by atoms with Crippen LogP contribution < -0.4 is 4.90 Å². The van der Waals surface area contributed by atoms with Gasteiger partial charge in [0, 0.05) is 26.5 Å². The van der Waals surface area contributed by atoms with Crippen molar-refractivity contribution in [2.24, 2.45) is 0 Å². The first kappa shape index (κ1) is 17.7. The molecule has 1 saturated heterocycles. The van der Waals surface area contributed by atoms with Gasteiger partial charge in [-0.3, -0.25) is 4.90 Å². The van der Waals surface area contributed by atoms with Crippen LogP contribution in [0.2, 0.25) is 0 Å². The van der Waals surface area contributed by atoms with Crippen molar-refractivity contribution in [2.45, 2.75) is 38.1 Å². The summed E-state index contributed by atoms with van der Waals surface area (Å²) in [5, 5.41) is 8.50. The standard InChI is InChI=1S/C16H21F3N6/c1-23(2)14-6-5-12(21-22-14)13-4-3-8-24(13)10-15-20-7-9-25(15)11-16(17,18)19/h5-7,9,13H,3-4,8,10-11H2,1-2H3. The third-order valence-electron chi connectivity index (χ3n) is 4.33. The van der Waals surface area contributed by atoms with Crippen molar-refractivity contribution in [2.75, 3.05) is 25.5 Å². The van der Waals surface area contributed by atoms with Crippen LogP contribution in [0.25, 0.3) is 0 Å². The van der Waals surface area contributed by atoms with Crippen molar-refractivity contribution in [3.05, 3.63) is 36.0 Å². The molecule has 0 spiro atoms. The number of alkyl halides is 3. The van der Waals surface area contributed by atoms with Gasteiger partial charge in [-0.25, -0.2) is 4.98 Å². The van der Waals surface area contributed by atoms with Crippen LogP contribution in [0.15, 0.2) is 24.5 Å². The van der Waals surface area contributed by atoms with Crippen LogP contribution >= 0.6 is 0 Å². The number of anilines is 1. The monoisotopic (exact) mass is 354 g/mol. The Kier molecular flexibility index (Phi) is 4.94. The highest BCUT2D eigenvalue weighted by atomic mass is 19.4. The number of aromatic nitrogens is 4. The molecule has 0 N–H and O–H groups in total. The molecule has 0 amide bonds. The molecule has 0 aliphatic carbocycles. The number of rotatable bonds is 5. The minimum absolute atomic E-state index is 0.0553. The zero-order valence-electron chi connectivity index (χ0n) is 14.2. The van der Waals surface area contributed by atoms with Gasteiger partial charge in [0.25, 0.3) is 0 Å². The molecule has 0 saturated carbocycles. The SMILES string of the molecule is CN(C)c1ccc(C2CCCN2Cc2nccn2CC(F)(F)F)nn1. The van der Waals surface area contributed by atoms with Gasteiger partial charge >= 0.3 is 6.18 Å². The number of likely N-dealkylation sites (tertiary alicyclic amines) is 1. The van der Waals surface area contributed by atoms with Gasteiger partial charge < -0.3 is 9.47 Å². The Labute approximate surface area is 144 Å². The molecule has 3 heterocycles. The topological polar surface area (TPSA) is 50.1 Å². The van der Waals surface area contributed by atoms with E-state index in [1.807, 2.05) is 31.1 Å². The minimum Gasteiger partial charge on any atom is -0.361 e. The summed E-state index contributed by atoms with van der Waals surface area (Å²) in [5.74, 6) is 1.19. The highest BCUT2D eigenvalue weighted by Gasteiger charge is 2.31. The van der Waals surface area contributed by atoms with Crippen LogP contribution in [0.1, 0.15) is 30.4 Å². The predicted octanol–water partition coefficient (Wildman–Crippen LogP) is 2.64. The summed E-state index contributed by atoms with van der Waals surface area (Å²) < 4.78 is 39.2. The van der Waals surface area contributed by atoms with Gasteiger partial charge in [-0.15, -0.1) is 5.10 Å². The second kappa shape index (κ2) is 6.99. The maximum Gasteiger partial charge on any atom is 0.406 e. The molecule has 1 unspecified atom stereocenters. The minimum atomic E-state index is -4.26. The normalized spacial score (nSPS) is 18.7. The predicted molar refractivity (Wildman–Crippen MR) is 87.0 cm³/mol. The van der Waals surface area contributed by atoms with Gasteiger partial charge in [0.2, 0.25) is 0 Å². The number of hydrogen-bond acceptors (Lipinski definition) is 5. The van der Waals surface area contributed by atoms with Crippen molar-refractivity contribution in [1.82, 2.24) is 24.6 Å². The largest absolute Gasteiger partial charge is 0.406 e. The molecule has 3 rings (SSSR count). The summed E-state index contributed by atoms with van der Waals surface area (Å²) in [6, 6.07) is 3.90. The fraction of sp³-hybridized carbons (Fsp3) is 0.562. The van der Waals surface area contributed by atoms with Crippen molar-refractivity contribution >= 4 is 5.82 Å². The van der Waals surface area contributed by atoms with Crippen molar-refractivity contribution in [3.63, 3.8) is 0 Å². The molecule has 0 aromatic carbocycles. The second-order valence-corrected chi connectivity index (χ2v) is 6.43. The summed E-state index contributed by atoms with van der Waals surface area (Å²) in [6.45, 7) is 0.156. The number of imidazole rings is 1. The Morgan fingerprint density at radius 1 is 1.24 bits per heavy atom. The molecule has 6 nitrogen and oxygen atoms in total. The Bertz CT molecular complexity index is 695. The number of nitrogens with zero attached hydrogens (tertiary/aromatic N) is 6. The lowest BCUT2D eigenvalue weighted by molar-refractivity contribution is -0.141. The molecule has 1 aliphatic heterocycles. The van der Waals surface area contributed by atoms with Gasteiger partial charge in [0.05, 0.1) is 18.3 Å². The number of halogens is 3. The molecule has 2 aromatic heterocycles. The van der Waals surface area contributed by atoms with Gasteiger partial charge in [-0.2, -0.15) is 18.3 Å². The van der Waals surface area contributed by atoms with E-state index in [-0.39, 0.29) is 6.04 Å². The second-order valence-electron chi connectivity index (χ2n) is 6.43. The van der Waals surface area contributed by atoms with Crippen LogP contribution in [0.4, 0.5) is 19.0 Å². The van der Waals surface area contributed by atoms with Crippen LogP contribution in [-0.2, 0) is 13.1 Å². The maximum atomic E-state index is 12.7. The maximum absolute atomic E-state index is 12.7. The van der Waals surface area contributed by atoms with Gasteiger partial charge in [-0.1, -0.05) is 0 Å². The lowest BCUT2D eigenvalue weighted by Crippen LogP contribution is -2.27. The smallest absolute Gasteiger partial charge is 0.361 e. The zero-order valence-corrected chi connectivity index (χ0v) is 14.2. The summed E-state index contributed by atoms with van der Waals surface area (Å²) in [7, 11) is 3.79. The fourth-order valence-corrected chi connectivity index (χ4v) is 3.11. The Morgan fingerprint density at radius 2 is 2.04 bits per heavy atom. The van der Waals surface area contributed by atoms with Crippen molar-refractivity contribution in [1.29, 1.82) is 0 Å². The van der Waals surface area contributed by atoms with Crippen LogP contribution in [0, 0.1) is 0 Å². The zero-order chi connectivity index (χ0) is 18.0. The van der Waals surface area contributed by atoms with E-state index in [4.69, 9.17) is 0 Å². The molecule has 0 radical (unpaired) electrons. The first-order valence-corrected chi connectivity index (χ1v) is 8.15. The van der Waals surface area contributed by atoms with Crippen LogP contribution in [-0.4, -0.2) is 51.5 Å². The van der Waals surface area contributed by atoms with E-state index >= 15 is 0 Å². The highest BCUT2D eigenvalue weighted by Crippen LogP contribution is 2.32. The lowest BCUT2D eigenvalue weighted by Gasteiger charge is -2.24. The first-order chi connectivity index (χ1) is 11.8. The Balaban J connectivity index is 1.73. The van der Waals surface area contributed by atoms with Crippen LogP contribution in [0.3, 0.4) is 0 Å². The average Bonchev–Trinajstić information content (AvgIpc) is 3.16. The van der Waals surface area contributed by atoms with E-state index in [2.05, 4.69) is 20.1 Å². The van der Waals surface area contributed by atoms with E-state index < -0.39 is 12.7 Å². The molecular formula is C16H21F3N6. The Hall–Kier alpha value is -2.16. The lowest BCUT2D eigenvalue weighted by atomic mass is 10.1. The molecule has 25 heavy (non-hydrogen) atoms. The van der Waals surface area contributed by atoms with E-state index in [1.54, 1.807) is 0 Å². The fourth-order valence-electron chi connectivity index (χ4n) is 3.11. The van der Waals surface area contributed by atoms with Crippen LogP contribution in [0.5, 0.6) is 0 Å². The van der Waals surface area contributed by atoms with E-state index in [9.17, 15) is 13.2 Å². The molecule has 1 atom stereocenters. The van der Waals surface area contributed by atoms with E-state index in [0.717, 1.165) is 35.5 Å². The van der Waals surface area contributed by atoms with Gasteiger partial charge in [0.1, 0.15) is 12.4 Å². The average molecular weight is 354 g/mol. The summed E-state index contributed by atoms with van der Waals surface area (Å²) in [6.07, 6.45) is 0.419. The molecule has 9 heteroatoms. The van der Waals surface area contributed by atoms with Crippen molar-refractivity contribution in [3.8, 4) is 0 Å². The van der Waals surface area contributed by atoms with E-state index in [0.29, 0.717) is 12.4 Å². The summed E-state index contributed by atoms with van der Waals surface area (Å²) >= 11 is 0. The third kappa shape index (κ3) is 4.28. The van der Waals surface area contributed by atoms with Gasteiger partial charge in [0.15, 0.2) is 5.82 Å². The third-order valence-corrected chi connectivity index (χ3v) is 4.33. The molecule has 1 aliphatic rings. The highest BCUT2D eigenvalue weighted by molar-refractivity contribution is 5.35. The van der Waals surface area contributed by atoms with E-state index in [1.165, 1.54) is 12.4 Å². The first-order valence-electron chi connectivity index (χ1n) is 8.15. The molecule has 1 fully saturated rings. The number of hydrogen-bond donors (Lipinski definition) is 0. The molecule has 2 aromatic rings. The molecule has 0 bridgehead atoms. The molecule has 136 valence electrons. The molecular weight excluding hydrogens is 333 g/mol.